The number of carbonyl (C=O) groups is 2. The molecular weight excluding hydrogens is 401 g/mol. The molecule has 0 bridgehead atoms. The third kappa shape index (κ3) is 4.83. The summed E-state index contributed by atoms with van der Waals surface area (Å²) in [5.41, 5.74) is 5.50. The van der Waals surface area contributed by atoms with Gasteiger partial charge in [0.1, 0.15) is 6.04 Å². The number of nitrogens with zero attached hydrogens (tertiary/aromatic N) is 1. The molecule has 0 spiro atoms. The van der Waals surface area contributed by atoms with E-state index in [2.05, 4.69) is 0 Å². The molecular formula is C21H17F3N2O2S. The highest BCUT2D eigenvalue weighted by Crippen LogP contribution is 2.31. The molecule has 2 N–H and O–H groups in total. The largest absolute Gasteiger partial charge is 0.416 e. The van der Waals surface area contributed by atoms with E-state index in [4.69, 9.17) is 5.73 Å². The lowest BCUT2D eigenvalue weighted by Gasteiger charge is -2.30. The zero-order valence-electron chi connectivity index (χ0n) is 15.1. The van der Waals surface area contributed by atoms with E-state index in [9.17, 15) is 22.8 Å². The first-order valence-corrected chi connectivity index (χ1v) is 9.50. The maximum atomic E-state index is 13.1. The molecule has 0 fully saturated rings. The van der Waals surface area contributed by atoms with E-state index in [1.165, 1.54) is 28.4 Å². The number of benzene rings is 2. The molecule has 1 heterocycles. The van der Waals surface area contributed by atoms with Crippen molar-refractivity contribution in [1.82, 2.24) is 4.90 Å². The summed E-state index contributed by atoms with van der Waals surface area (Å²) in [5, 5.41) is 1.71. The zero-order valence-corrected chi connectivity index (χ0v) is 15.9. The van der Waals surface area contributed by atoms with Crippen molar-refractivity contribution in [1.29, 1.82) is 0 Å². The number of amides is 2. The Bertz CT molecular complexity index is 989. The van der Waals surface area contributed by atoms with E-state index in [0.717, 1.165) is 12.1 Å². The molecule has 1 atom stereocenters. The average Bonchev–Trinajstić information content (AvgIpc) is 3.22. The van der Waals surface area contributed by atoms with Crippen molar-refractivity contribution in [2.24, 2.45) is 5.73 Å². The van der Waals surface area contributed by atoms with Gasteiger partial charge < -0.3 is 10.6 Å². The van der Waals surface area contributed by atoms with Gasteiger partial charge in [-0.15, -0.1) is 11.3 Å². The average molecular weight is 418 g/mol. The van der Waals surface area contributed by atoms with Crippen molar-refractivity contribution in [2.75, 3.05) is 0 Å². The van der Waals surface area contributed by atoms with Crippen LogP contribution in [0.25, 0.3) is 0 Å². The van der Waals surface area contributed by atoms with Gasteiger partial charge in [-0.25, -0.2) is 0 Å². The lowest BCUT2D eigenvalue weighted by molar-refractivity contribution is -0.137. The summed E-state index contributed by atoms with van der Waals surface area (Å²) in [4.78, 5) is 27.0. The summed E-state index contributed by atoms with van der Waals surface area (Å²) in [6.07, 6.45) is -4.51. The van der Waals surface area contributed by atoms with Crippen LogP contribution in [0, 0.1) is 0 Å². The van der Waals surface area contributed by atoms with E-state index >= 15 is 0 Å². The van der Waals surface area contributed by atoms with Gasteiger partial charge in [-0.3, -0.25) is 9.59 Å². The van der Waals surface area contributed by atoms with Gasteiger partial charge in [-0.05, 0) is 34.7 Å². The maximum Gasteiger partial charge on any atom is 0.416 e. The highest BCUT2D eigenvalue weighted by molar-refractivity contribution is 7.12. The van der Waals surface area contributed by atoms with E-state index < -0.39 is 29.6 Å². The number of rotatable bonds is 6. The molecule has 0 unspecified atom stereocenters. The predicted octanol–water partition coefficient (Wildman–Crippen LogP) is 4.64. The second-order valence-corrected chi connectivity index (χ2v) is 7.27. The van der Waals surface area contributed by atoms with E-state index in [-0.39, 0.29) is 12.1 Å². The number of halogens is 3. The van der Waals surface area contributed by atoms with Gasteiger partial charge in [0, 0.05) is 6.54 Å². The Hall–Kier alpha value is -3.13. The molecule has 4 nitrogen and oxygen atoms in total. The van der Waals surface area contributed by atoms with Gasteiger partial charge in [0.05, 0.1) is 10.4 Å². The van der Waals surface area contributed by atoms with Crippen molar-refractivity contribution in [3.05, 3.63) is 93.7 Å². The monoisotopic (exact) mass is 418 g/mol. The van der Waals surface area contributed by atoms with Gasteiger partial charge in [-0.2, -0.15) is 13.2 Å². The minimum Gasteiger partial charge on any atom is -0.368 e. The minimum atomic E-state index is -4.51. The van der Waals surface area contributed by atoms with Gasteiger partial charge in [0.15, 0.2) is 0 Å². The number of primary amides is 1. The van der Waals surface area contributed by atoms with Crippen LogP contribution in [0.1, 0.15) is 32.4 Å². The Morgan fingerprint density at radius 1 is 1.00 bits per heavy atom. The summed E-state index contributed by atoms with van der Waals surface area (Å²) < 4.78 is 39.3. The first kappa shape index (κ1) is 20.6. The third-order valence-electron chi connectivity index (χ3n) is 4.30. The van der Waals surface area contributed by atoms with Gasteiger partial charge >= 0.3 is 6.18 Å². The quantitative estimate of drug-likeness (QED) is 0.634. The maximum absolute atomic E-state index is 13.1. The lowest BCUT2D eigenvalue weighted by Crippen LogP contribution is -2.41. The Kier molecular flexibility index (Phi) is 6.03. The molecule has 1 aromatic heterocycles. The second-order valence-electron chi connectivity index (χ2n) is 6.32. The van der Waals surface area contributed by atoms with Crippen LogP contribution < -0.4 is 5.73 Å². The van der Waals surface area contributed by atoms with Crippen molar-refractivity contribution >= 4 is 23.2 Å². The van der Waals surface area contributed by atoms with E-state index in [1.54, 1.807) is 47.8 Å². The van der Waals surface area contributed by atoms with Crippen LogP contribution in [0.15, 0.2) is 72.1 Å². The van der Waals surface area contributed by atoms with Crippen molar-refractivity contribution in [3.8, 4) is 0 Å². The minimum absolute atomic E-state index is 0.205. The normalized spacial score (nSPS) is 12.4. The highest BCUT2D eigenvalue weighted by Gasteiger charge is 2.33. The number of alkyl halides is 3. The first-order chi connectivity index (χ1) is 13.8. The molecule has 3 rings (SSSR count). The lowest BCUT2D eigenvalue weighted by atomic mass is 10.0. The first-order valence-electron chi connectivity index (χ1n) is 8.62. The number of hydrogen-bond donors (Lipinski definition) is 1. The molecule has 0 aliphatic carbocycles. The molecule has 150 valence electrons. The third-order valence-corrected chi connectivity index (χ3v) is 5.15. The van der Waals surface area contributed by atoms with Crippen LogP contribution in [-0.2, 0) is 17.5 Å². The molecule has 29 heavy (non-hydrogen) atoms. The van der Waals surface area contributed by atoms with Crippen LogP contribution in [0.4, 0.5) is 13.2 Å². The van der Waals surface area contributed by atoms with Crippen LogP contribution in [-0.4, -0.2) is 16.7 Å². The summed E-state index contributed by atoms with van der Waals surface area (Å²) >= 11 is 1.18. The van der Waals surface area contributed by atoms with Crippen molar-refractivity contribution < 1.29 is 22.8 Å². The van der Waals surface area contributed by atoms with E-state index in [1.807, 2.05) is 0 Å². The fraction of sp³-hybridized carbons (Fsp3) is 0.143. The highest BCUT2D eigenvalue weighted by atomic mass is 32.1. The zero-order chi connectivity index (χ0) is 21.0. The van der Waals surface area contributed by atoms with Gasteiger partial charge in [0.2, 0.25) is 5.91 Å². The molecule has 0 aliphatic rings. The van der Waals surface area contributed by atoms with E-state index in [0.29, 0.717) is 10.4 Å². The molecule has 2 aromatic carbocycles. The summed E-state index contributed by atoms with van der Waals surface area (Å²) in [5.74, 6) is -1.25. The Morgan fingerprint density at radius 3 is 2.31 bits per heavy atom. The van der Waals surface area contributed by atoms with Crippen LogP contribution in [0.2, 0.25) is 0 Å². The molecule has 0 aliphatic heterocycles. The molecule has 3 aromatic rings. The number of carbonyl (C=O) groups excluding carboxylic acids is 2. The molecule has 0 saturated carbocycles. The van der Waals surface area contributed by atoms with Crippen molar-refractivity contribution in [3.63, 3.8) is 0 Å². The molecule has 0 saturated heterocycles. The second kappa shape index (κ2) is 8.48. The Labute approximate surface area is 169 Å². The summed E-state index contributed by atoms with van der Waals surface area (Å²) in [6, 6.07) is 15.3. The smallest absolute Gasteiger partial charge is 0.368 e. The molecule has 2 amide bonds. The summed E-state index contributed by atoms with van der Waals surface area (Å²) in [7, 11) is 0. The fourth-order valence-corrected chi connectivity index (χ4v) is 3.68. The summed E-state index contributed by atoms with van der Waals surface area (Å²) in [6.45, 7) is -0.205. The predicted molar refractivity (Wildman–Crippen MR) is 104 cm³/mol. The Balaban J connectivity index is 2.04. The van der Waals surface area contributed by atoms with Gasteiger partial charge in [0.25, 0.3) is 5.91 Å². The van der Waals surface area contributed by atoms with Gasteiger partial charge in [-0.1, -0.05) is 48.5 Å². The standard InChI is InChI=1S/C21H17F3N2O2S/c22-21(23,24)16-9-4-6-14(12-16)13-26(20(28)17-10-5-11-29-17)18(19(25)27)15-7-2-1-3-8-15/h1-12,18H,13H2,(H2,25,27)/t18-/m1/s1. The SMILES string of the molecule is NC(=O)[C@@H](c1ccccc1)N(Cc1cccc(C(F)(F)F)c1)C(=O)c1cccs1. The van der Waals surface area contributed by atoms with Crippen LogP contribution in [0.5, 0.6) is 0 Å². The Morgan fingerprint density at radius 2 is 1.72 bits per heavy atom. The van der Waals surface area contributed by atoms with Crippen LogP contribution >= 0.6 is 11.3 Å². The number of hydrogen-bond acceptors (Lipinski definition) is 3. The molecule has 8 heteroatoms. The number of thiophene rings is 1. The number of nitrogens with two attached hydrogens (primary N) is 1. The fourth-order valence-electron chi connectivity index (χ4n) is 3.00. The van der Waals surface area contributed by atoms with Crippen molar-refractivity contribution in [2.45, 2.75) is 18.8 Å². The topological polar surface area (TPSA) is 63.4 Å². The molecule has 0 radical (unpaired) electrons. The van der Waals surface area contributed by atoms with Crippen LogP contribution in [0.3, 0.4) is 0 Å².